The van der Waals surface area contributed by atoms with Crippen LogP contribution in [0.3, 0.4) is 0 Å². The number of halogens is 1. The number of benzene rings is 2. The monoisotopic (exact) mass is 496 g/mol. The fourth-order valence-electron chi connectivity index (χ4n) is 2.53. The molecule has 0 unspecified atom stereocenters. The van der Waals surface area contributed by atoms with E-state index in [1.54, 1.807) is 30.5 Å². The second-order valence-corrected chi connectivity index (χ2v) is 10.5. The molecule has 0 spiro atoms. The standard InChI is InChI=1S/C8H9FN2.2C7H8O3S/c9-7-3-6(4-11-5-7)8(10)1-2-8;2*1-6-2-4-7(5-3-6)11(8,9)10/h3-5H,1-2,10H2;2*2-5H,1H3,(H,8,9,10). The van der Waals surface area contributed by atoms with Gasteiger partial charge in [-0.2, -0.15) is 16.8 Å². The molecular weight excluding hydrogens is 471 g/mol. The predicted octanol–water partition coefficient (Wildman–Crippen LogP) is 3.65. The first-order chi connectivity index (χ1) is 15.2. The zero-order valence-corrected chi connectivity index (χ0v) is 19.6. The van der Waals surface area contributed by atoms with Gasteiger partial charge in [0.1, 0.15) is 5.82 Å². The van der Waals surface area contributed by atoms with Gasteiger partial charge in [0.25, 0.3) is 20.2 Å². The summed E-state index contributed by atoms with van der Waals surface area (Å²) in [6, 6.07) is 13.4. The molecule has 1 fully saturated rings. The van der Waals surface area contributed by atoms with Crippen molar-refractivity contribution in [2.45, 2.75) is 42.0 Å². The minimum Gasteiger partial charge on any atom is -0.321 e. The van der Waals surface area contributed by atoms with Crippen LogP contribution >= 0.6 is 0 Å². The highest BCUT2D eigenvalue weighted by Gasteiger charge is 2.40. The summed E-state index contributed by atoms with van der Waals surface area (Å²) < 4.78 is 71.7. The summed E-state index contributed by atoms with van der Waals surface area (Å²) in [6.07, 6.45) is 4.71. The maximum atomic E-state index is 12.6. The number of hydrogen-bond donors (Lipinski definition) is 3. The summed E-state index contributed by atoms with van der Waals surface area (Å²) in [5.41, 5.74) is 8.29. The number of nitrogens with zero attached hydrogens (tertiary/aromatic N) is 1. The third-order valence-electron chi connectivity index (χ3n) is 4.71. The lowest BCUT2D eigenvalue weighted by molar-refractivity contribution is 0.481. The van der Waals surface area contributed by atoms with Crippen LogP contribution in [0.4, 0.5) is 4.39 Å². The zero-order chi connectivity index (χ0) is 24.9. The molecule has 4 rings (SSSR count). The van der Waals surface area contributed by atoms with Crippen LogP contribution in [0.15, 0.2) is 76.8 Å². The topological polar surface area (TPSA) is 148 Å². The third-order valence-corrected chi connectivity index (χ3v) is 6.44. The lowest BCUT2D eigenvalue weighted by atomic mass is 10.1. The number of hydrogen-bond acceptors (Lipinski definition) is 6. The molecule has 0 amide bonds. The molecule has 1 heterocycles. The minimum atomic E-state index is -4.02. The first-order valence-electron chi connectivity index (χ1n) is 9.69. The number of aromatic nitrogens is 1. The van der Waals surface area contributed by atoms with Crippen molar-refractivity contribution in [3.8, 4) is 0 Å². The van der Waals surface area contributed by atoms with Crippen molar-refractivity contribution in [3.05, 3.63) is 89.5 Å². The molecule has 0 bridgehead atoms. The van der Waals surface area contributed by atoms with E-state index in [1.807, 2.05) is 13.8 Å². The number of aryl methyl sites for hydroxylation is 2. The highest BCUT2D eigenvalue weighted by molar-refractivity contribution is 7.86. The van der Waals surface area contributed by atoms with Crippen LogP contribution in [-0.4, -0.2) is 30.9 Å². The summed E-state index contributed by atoms with van der Waals surface area (Å²) in [5, 5.41) is 0. The van der Waals surface area contributed by atoms with E-state index >= 15 is 0 Å². The molecule has 0 aliphatic heterocycles. The molecule has 2 aromatic carbocycles. The molecule has 8 nitrogen and oxygen atoms in total. The van der Waals surface area contributed by atoms with Gasteiger partial charge in [-0.15, -0.1) is 0 Å². The Balaban J connectivity index is 0.000000175. The van der Waals surface area contributed by atoms with Crippen molar-refractivity contribution in [1.29, 1.82) is 0 Å². The smallest absolute Gasteiger partial charge is 0.294 e. The molecule has 11 heteroatoms. The van der Waals surface area contributed by atoms with E-state index in [0.29, 0.717) is 0 Å². The second-order valence-electron chi connectivity index (χ2n) is 7.62. The van der Waals surface area contributed by atoms with Crippen molar-refractivity contribution in [1.82, 2.24) is 4.98 Å². The summed E-state index contributed by atoms with van der Waals surface area (Å²) in [5.74, 6) is -0.306. The van der Waals surface area contributed by atoms with Gasteiger partial charge in [0.2, 0.25) is 0 Å². The van der Waals surface area contributed by atoms with Gasteiger partial charge >= 0.3 is 0 Å². The van der Waals surface area contributed by atoms with Gasteiger partial charge < -0.3 is 5.73 Å². The third kappa shape index (κ3) is 8.63. The van der Waals surface area contributed by atoms with Gasteiger partial charge in [0.15, 0.2) is 0 Å². The number of nitrogens with two attached hydrogens (primary N) is 1. The Kier molecular flexibility index (Phi) is 8.44. The first kappa shape index (κ1) is 26.6. The van der Waals surface area contributed by atoms with E-state index in [-0.39, 0.29) is 21.1 Å². The first-order valence-corrected chi connectivity index (χ1v) is 12.6. The SMILES string of the molecule is Cc1ccc(S(=O)(=O)O)cc1.Cc1ccc(S(=O)(=O)O)cc1.NC1(c2cncc(F)c2)CC1. The van der Waals surface area contributed by atoms with Crippen molar-refractivity contribution < 1.29 is 30.3 Å². The van der Waals surface area contributed by atoms with E-state index in [4.69, 9.17) is 14.8 Å². The average molecular weight is 497 g/mol. The quantitative estimate of drug-likeness (QED) is 0.466. The van der Waals surface area contributed by atoms with Crippen LogP contribution in [0, 0.1) is 19.7 Å². The summed E-state index contributed by atoms with van der Waals surface area (Å²) in [6.45, 7) is 3.68. The van der Waals surface area contributed by atoms with E-state index in [9.17, 15) is 21.2 Å². The second kappa shape index (κ2) is 10.5. The Morgan fingerprint density at radius 2 is 1.21 bits per heavy atom. The predicted molar refractivity (Wildman–Crippen MR) is 121 cm³/mol. The lowest BCUT2D eigenvalue weighted by Gasteiger charge is -2.06. The van der Waals surface area contributed by atoms with Gasteiger partial charge in [-0.25, -0.2) is 4.39 Å². The fourth-order valence-corrected chi connectivity index (χ4v) is 3.49. The van der Waals surface area contributed by atoms with Gasteiger partial charge in [0, 0.05) is 11.7 Å². The normalized spacial score (nSPS) is 14.2. The Bertz CT molecular complexity index is 1220. The molecule has 1 aromatic heterocycles. The van der Waals surface area contributed by atoms with Crippen molar-refractivity contribution in [2.24, 2.45) is 5.73 Å². The van der Waals surface area contributed by atoms with Crippen molar-refractivity contribution in [3.63, 3.8) is 0 Å². The van der Waals surface area contributed by atoms with Gasteiger partial charge in [-0.1, -0.05) is 35.4 Å². The summed E-state index contributed by atoms with van der Waals surface area (Å²) in [4.78, 5) is 3.60. The highest BCUT2D eigenvalue weighted by Crippen LogP contribution is 2.42. The van der Waals surface area contributed by atoms with Crippen LogP contribution in [0.1, 0.15) is 29.5 Å². The summed E-state index contributed by atoms with van der Waals surface area (Å²) in [7, 11) is -8.04. The Morgan fingerprint density at radius 3 is 1.52 bits per heavy atom. The average Bonchev–Trinajstić information content (AvgIpc) is 3.47. The van der Waals surface area contributed by atoms with Crippen LogP contribution in [-0.2, 0) is 25.8 Å². The Morgan fingerprint density at radius 1 is 0.818 bits per heavy atom. The fraction of sp³-hybridized carbons (Fsp3) is 0.227. The zero-order valence-electron chi connectivity index (χ0n) is 18.0. The molecule has 178 valence electrons. The number of rotatable bonds is 3. The number of pyridine rings is 1. The molecule has 33 heavy (non-hydrogen) atoms. The van der Waals surface area contributed by atoms with E-state index in [2.05, 4.69) is 4.98 Å². The molecular formula is C22H25FN2O6S2. The van der Waals surface area contributed by atoms with Crippen molar-refractivity contribution >= 4 is 20.2 Å². The molecule has 1 aliphatic rings. The molecule has 1 aliphatic carbocycles. The molecule has 3 aromatic rings. The van der Waals surface area contributed by atoms with Crippen LogP contribution < -0.4 is 5.73 Å². The summed E-state index contributed by atoms with van der Waals surface area (Å²) >= 11 is 0. The maximum Gasteiger partial charge on any atom is 0.294 e. The van der Waals surface area contributed by atoms with Crippen LogP contribution in [0.5, 0.6) is 0 Å². The van der Waals surface area contributed by atoms with E-state index < -0.39 is 20.2 Å². The Hall–Kier alpha value is -2.70. The van der Waals surface area contributed by atoms with Gasteiger partial charge in [-0.3, -0.25) is 14.1 Å². The molecule has 0 atom stereocenters. The minimum absolute atomic E-state index is 0.0666. The molecule has 1 saturated carbocycles. The Labute approximate surface area is 192 Å². The van der Waals surface area contributed by atoms with Crippen molar-refractivity contribution in [2.75, 3.05) is 0 Å². The lowest BCUT2D eigenvalue weighted by Crippen LogP contribution is -2.18. The highest BCUT2D eigenvalue weighted by atomic mass is 32.2. The van der Waals surface area contributed by atoms with Crippen LogP contribution in [0.2, 0.25) is 0 Å². The maximum absolute atomic E-state index is 12.6. The largest absolute Gasteiger partial charge is 0.321 e. The molecule has 0 radical (unpaired) electrons. The van der Waals surface area contributed by atoms with E-state index in [0.717, 1.165) is 29.5 Å². The van der Waals surface area contributed by atoms with Gasteiger partial charge in [-0.05, 0) is 62.6 Å². The van der Waals surface area contributed by atoms with E-state index in [1.165, 1.54) is 36.5 Å². The molecule has 0 saturated heterocycles. The molecule has 4 N–H and O–H groups in total. The van der Waals surface area contributed by atoms with Crippen LogP contribution in [0.25, 0.3) is 0 Å². The van der Waals surface area contributed by atoms with Gasteiger partial charge in [0.05, 0.1) is 16.0 Å².